The number of benzene rings is 2. The fraction of sp³-hybridized carbons (Fsp3) is 0.143. The third-order valence-corrected chi connectivity index (χ3v) is 3.38. The van der Waals surface area contributed by atoms with Crippen LogP contribution in [0.2, 0.25) is 10.0 Å². The van der Waals surface area contributed by atoms with Crippen molar-refractivity contribution in [3.05, 3.63) is 69.2 Å². The van der Waals surface area contributed by atoms with Crippen molar-refractivity contribution in [2.24, 2.45) is 5.73 Å². The first-order chi connectivity index (χ1) is 8.09. The van der Waals surface area contributed by atoms with Gasteiger partial charge < -0.3 is 5.73 Å². The molecular weight excluding hydrogens is 253 g/mol. The van der Waals surface area contributed by atoms with Crippen molar-refractivity contribution in [1.29, 1.82) is 0 Å². The van der Waals surface area contributed by atoms with Gasteiger partial charge in [-0.25, -0.2) is 0 Å². The van der Waals surface area contributed by atoms with Crippen LogP contribution in [0.15, 0.2) is 42.5 Å². The molecule has 0 radical (unpaired) electrons. The van der Waals surface area contributed by atoms with Gasteiger partial charge in [0.05, 0.1) is 6.04 Å². The molecule has 1 unspecified atom stereocenters. The third-order valence-electron chi connectivity index (χ3n) is 2.82. The molecule has 0 spiro atoms. The van der Waals surface area contributed by atoms with E-state index in [2.05, 4.69) is 0 Å². The maximum Gasteiger partial charge on any atom is 0.0569 e. The van der Waals surface area contributed by atoms with Crippen LogP contribution in [-0.2, 0) is 0 Å². The predicted octanol–water partition coefficient (Wildman–Crippen LogP) is 4.35. The summed E-state index contributed by atoms with van der Waals surface area (Å²) in [6, 6.07) is 13.2. The molecule has 0 bridgehead atoms. The molecule has 1 atom stereocenters. The smallest absolute Gasteiger partial charge is 0.0569 e. The van der Waals surface area contributed by atoms with E-state index in [1.165, 1.54) is 0 Å². The zero-order valence-corrected chi connectivity index (χ0v) is 11.0. The van der Waals surface area contributed by atoms with Crippen molar-refractivity contribution in [3.8, 4) is 0 Å². The number of rotatable bonds is 2. The minimum absolute atomic E-state index is 0.221. The van der Waals surface area contributed by atoms with Gasteiger partial charge in [-0.1, -0.05) is 53.5 Å². The molecule has 0 fully saturated rings. The Balaban J connectivity index is 2.44. The molecule has 88 valence electrons. The van der Waals surface area contributed by atoms with Crippen LogP contribution in [-0.4, -0.2) is 0 Å². The second-order valence-electron chi connectivity index (χ2n) is 4.00. The van der Waals surface area contributed by atoms with Crippen LogP contribution in [0.3, 0.4) is 0 Å². The summed E-state index contributed by atoms with van der Waals surface area (Å²) in [7, 11) is 0. The molecule has 2 rings (SSSR count). The molecule has 0 aromatic heterocycles. The summed E-state index contributed by atoms with van der Waals surface area (Å²) in [5, 5.41) is 1.23. The Morgan fingerprint density at radius 2 is 1.71 bits per heavy atom. The highest BCUT2D eigenvalue weighted by atomic mass is 35.5. The number of hydrogen-bond acceptors (Lipinski definition) is 1. The van der Waals surface area contributed by atoms with E-state index in [0.717, 1.165) is 16.7 Å². The molecule has 0 aliphatic heterocycles. The van der Waals surface area contributed by atoms with Gasteiger partial charge in [-0.15, -0.1) is 0 Å². The highest BCUT2D eigenvalue weighted by Gasteiger charge is 2.14. The minimum Gasteiger partial charge on any atom is -0.320 e. The minimum atomic E-state index is -0.221. The highest BCUT2D eigenvalue weighted by Crippen LogP contribution is 2.30. The molecule has 0 saturated heterocycles. The van der Waals surface area contributed by atoms with Crippen molar-refractivity contribution in [3.63, 3.8) is 0 Å². The third kappa shape index (κ3) is 2.63. The van der Waals surface area contributed by atoms with Crippen molar-refractivity contribution < 1.29 is 0 Å². The average Bonchev–Trinajstić information content (AvgIpc) is 2.29. The van der Waals surface area contributed by atoms with Crippen molar-refractivity contribution in [1.82, 2.24) is 0 Å². The molecule has 0 heterocycles. The lowest BCUT2D eigenvalue weighted by Gasteiger charge is -2.16. The molecule has 2 N–H and O–H groups in total. The van der Waals surface area contributed by atoms with Crippen LogP contribution in [0, 0.1) is 6.92 Å². The number of hydrogen-bond donors (Lipinski definition) is 1. The van der Waals surface area contributed by atoms with E-state index in [4.69, 9.17) is 28.9 Å². The number of halogens is 2. The summed E-state index contributed by atoms with van der Waals surface area (Å²) >= 11 is 12.0. The van der Waals surface area contributed by atoms with E-state index in [-0.39, 0.29) is 6.04 Å². The number of aryl methyl sites for hydroxylation is 1. The second kappa shape index (κ2) is 5.09. The SMILES string of the molecule is Cc1ccccc1C(N)c1ccc(Cl)cc1Cl. The lowest BCUT2D eigenvalue weighted by atomic mass is 9.96. The van der Waals surface area contributed by atoms with Gasteiger partial charge >= 0.3 is 0 Å². The Morgan fingerprint density at radius 1 is 1.00 bits per heavy atom. The summed E-state index contributed by atoms with van der Waals surface area (Å²) in [5.74, 6) is 0. The average molecular weight is 266 g/mol. The van der Waals surface area contributed by atoms with Gasteiger partial charge in [-0.2, -0.15) is 0 Å². The number of nitrogens with two attached hydrogens (primary N) is 1. The van der Waals surface area contributed by atoms with Gasteiger partial charge in [-0.05, 0) is 35.7 Å². The Bertz CT molecular complexity index is 537. The Labute approximate surface area is 111 Å². The van der Waals surface area contributed by atoms with Crippen LogP contribution in [0.5, 0.6) is 0 Å². The zero-order valence-electron chi connectivity index (χ0n) is 9.45. The Kier molecular flexibility index (Phi) is 3.72. The standard InChI is InChI=1S/C14H13Cl2N/c1-9-4-2-3-5-11(9)14(17)12-7-6-10(15)8-13(12)16/h2-8,14H,17H2,1H3. The molecule has 17 heavy (non-hydrogen) atoms. The maximum atomic E-state index is 6.24. The fourth-order valence-electron chi connectivity index (χ4n) is 1.86. The van der Waals surface area contributed by atoms with Crippen molar-refractivity contribution >= 4 is 23.2 Å². The summed E-state index contributed by atoms with van der Waals surface area (Å²) in [6.07, 6.45) is 0. The van der Waals surface area contributed by atoms with E-state index in [1.54, 1.807) is 12.1 Å². The van der Waals surface area contributed by atoms with Gasteiger partial charge in [0, 0.05) is 10.0 Å². The van der Waals surface area contributed by atoms with E-state index in [0.29, 0.717) is 10.0 Å². The Morgan fingerprint density at radius 3 is 2.35 bits per heavy atom. The van der Waals surface area contributed by atoms with E-state index >= 15 is 0 Å². The molecule has 2 aromatic carbocycles. The summed E-state index contributed by atoms with van der Waals surface area (Å²) in [6.45, 7) is 2.04. The fourth-order valence-corrected chi connectivity index (χ4v) is 2.38. The maximum absolute atomic E-state index is 6.24. The first-order valence-corrected chi connectivity index (χ1v) is 6.11. The second-order valence-corrected chi connectivity index (χ2v) is 4.84. The summed E-state index contributed by atoms with van der Waals surface area (Å²) in [5.41, 5.74) is 9.37. The normalized spacial score (nSPS) is 12.5. The monoisotopic (exact) mass is 265 g/mol. The van der Waals surface area contributed by atoms with Crippen molar-refractivity contribution in [2.45, 2.75) is 13.0 Å². The lowest BCUT2D eigenvalue weighted by Crippen LogP contribution is -2.13. The van der Waals surface area contributed by atoms with Crippen molar-refractivity contribution in [2.75, 3.05) is 0 Å². The molecule has 0 aliphatic carbocycles. The largest absolute Gasteiger partial charge is 0.320 e. The lowest BCUT2D eigenvalue weighted by molar-refractivity contribution is 0.862. The van der Waals surface area contributed by atoms with Crippen LogP contribution >= 0.6 is 23.2 Å². The summed E-state index contributed by atoms with van der Waals surface area (Å²) < 4.78 is 0. The van der Waals surface area contributed by atoms with E-state index in [1.807, 2.05) is 37.3 Å². The molecule has 1 nitrogen and oxygen atoms in total. The quantitative estimate of drug-likeness (QED) is 0.859. The first kappa shape index (κ1) is 12.4. The molecule has 0 saturated carbocycles. The van der Waals surface area contributed by atoms with E-state index < -0.39 is 0 Å². The Hall–Kier alpha value is -1.02. The van der Waals surface area contributed by atoms with E-state index in [9.17, 15) is 0 Å². The van der Waals surface area contributed by atoms with Gasteiger partial charge in [0.2, 0.25) is 0 Å². The van der Waals surface area contributed by atoms with Crippen LogP contribution in [0.25, 0.3) is 0 Å². The van der Waals surface area contributed by atoms with Gasteiger partial charge in [-0.3, -0.25) is 0 Å². The predicted molar refractivity (Wildman–Crippen MR) is 73.7 cm³/mol. The molecule has 0 aliphatic rings. The van der Waals surface area contributed by atoms with Crippen LogP contribution in [0.1, 0.15) is 22.7 Å². The first-order valence-electron chi connectivity index (χ1n) is 5.35. The molecular formula is C14H13Cl2N. The van der Waals surface area contributed by atoms with Gasteiger partial charge in [0.1, 0.15) is 0 Å². The summed E-state index contributed by atoms with van der Waals surface area (Å²) in [4.78, 5) is 0. The molecule has 0 amide bonds. The van der Waals surface area contributed by atoms with Gasteiger partial charge in [0.25, 0.3) is 0 Å². The molecule has 2 aromatic rings. The van der Waals surface area contributed by atoms with Crippen LogP contribution in [0.4, 0.5) is 0 Å². The van der Waals surface area contributed by atoms with Crippen LogP contribution < -0.4 is 5.73 Å². The van der Waals surface area contributed by atoms with Gasteiger partial charge in [0.15, 0.2) is 0 Å². The zero-order chi connectivity index (χ0) is 12.4. The highest BCUT2D eigenvalue weighted by molar-refractivity contribution is 6.35. The molecule has 3 heteroatoms. The topological polar surface area (TPSA) is 26.0 Å².